The Morgan fingerprint density at radius 3 is 1.07 bits per heavy atom. The topological polar surface area (TPSA) is 537 Å². The standard InChI is InChI=1S/C13H19N5O3.C12H18N6O7S.C12H17N5O7S.C12H17N5O4.CH2O2.3CH4.H3N.Na/c1-16-9-2-3-10(18(8-9)13(16)19)11-14-15-12(21-11)17-4-6-20-7-5-17;13-24-26(20,21)25-18-8-1-2-9(17(7-8)12(18)19)10-14-15-11(23-10)16-3-5-22-6-4-16;18-12-16-7-8(17(12)24-25(19,20)21)1-2-9(16)10-13-14-11(23-10)15-3-5-22-6-4-15;18-12-16-7-8(17(12)19)1-2-9(16)10-13-14-11(21-10)15-3-5-20-6-4-15;2-1-3;;;;;/h9-10H,2-8H2,1H3;8-9H,1-7,13H2;8-9H,1-7H2,(H,19,20,21);8-9,19H,1-7H2;1H,(H,2,3);3*1H4;1H3;/q;;;;;;;;;+1/p-1/t9-,10+;3*8-,9+;;;;;;/m1111....../s1. The zero-order valence-corrected chi connectivity index (χ0v) is 57.1. The summed E-state index contributed by atoms with van der Waals surface area (Å²) < 4.78 is 112. The Labute approximate surface area is 603 Å². The molecule has 8 amide bonds. The number of fused-ring (bicyclic) bond motifs is 8. The minimum absolute atomic E-state index is 0. The first kappa shape index (κ1) is 81.1. The Balaban J connectivity index is 0.000000184. The molecule has 12 aliphatic rings. The summed E-state index contributed by atoms with van der Waals surface area (Å²) in [5, 5.41) is 51.5. The number of piperidine rings is 4. The van der Waals surface area contributed by atoms with Crippen LogP contribution in [0.15, 0.2) is 17.7 Å². The van der Waals surface area contributed by atoms with Gasteiger partial charge in [-0.3, -0.25) is 10.0 Å². The third-order valence-electron chi connectivity index (χ3n) is 18.1. The van der Waals surface area contributed by atoms with Crippen molar-refractivity contribution in [3.05, 3.63) is 23.6 Å². The third-order valence-corrected chi connectivity index (χ3v) is 19.0. The average Bonchev–Trinajstić information content (AvgIpc) is 1.64. The SMILES string of the molecule is C.C.C.CN1C(=O)N2C[C@H]1CC[C@H]2c1nnc(N2CCOCC2)o1.N.NOS(=O)(=O)ON1C(=O)N2C[C@H]1CC[C@H]2c1nnc(N2CCOCC2)o1.O=C1N(O)[C@@H]2CC[C@@H](c3nnc(N4CCOCC4)o3)N1C2.O=C1N2C[C@@H](CC[C@H]2c2nnc(N3CCOCC3)o2)N1OS(=O)(=O)[O-].O=CO.[Na+]. The van der Waals surface area contributed by atoms with Crippen LogP contribution in [0.25, 0.3) is 0 Å². The fourth-order valence-electron chi connectivity index (χ4n) is 13.2. The van der Waals surface area contributed by atoms with Crippen LogP contribution in [0.5, 0.6) is 0 Å². The van der Waals surface area contributed by atoms with E-state index in [1.807, 2.05) is 36.4 Å². The fourth-order valence-corrected chi connectivity index (χ4v) is 14.0. The minimum atomic E-state index is -5.01. The van der Waals surface area contributed by atoms with Crippen molar-refractivity contribution in [2.75, 3.05) is 158 Å². The van der Waals surface area contributed by atoms with Crippen molar-refractivity contribution < 1.29 is 135 Å². The molecule has 4 aromatic heterocycles. The van der Waals surface area contributed by atoms with E-state index in [2.05, 4.69) is 59.5 Å². The Bertz CT molecular complexity index is 3500. The molecular formula is C53H87N22NaO23S2. The van der Waals surface area contributed by atoms with Crippen molar-refractivity contribution in [3.63, 3.8) is 0 Å². The van der Waals surface area contributed by atoms with Gasteiger partial charge in [0.15, 0.2) is 0 Å². The van der Waals surface area contributed by atoms with Gasteiger partial charge in [0, 0.05) is 85.6 Å². The molecule has 45 nitrogen and oxygen atoms in total. The molecule has 0 spiro atoms. The smallest absolute Gasteiger partial charge is 0.724 e. The number of nitrogens with two attached hydrogens (primary N) is 1. The molecule has 4 aromatic rings. The van der Waals surface area contributed by atoms with Crippen LogP contribution >= 0.6 is 0 Å². The number of ether oxygens (including phenoxy) is 4. The van der Waals surface area contributed by atoms with Crippen LogP contribution in [0.2, 0.25) is 0 Å². The van der Waals surface area contributed by atoms with Gasteiger partial charge < -0.3 is 96.5 Å². The Morgan fingerprint density at radius 1 is 0.465 bits per heavy atom. The van der Waals surface area contributed by atoms with Gasteiger partial charge in [0.2, 0.25) is 34.0 Å². The van der Waals surface area contributed by atoms with Crippen molar-refractivity contribution >= 4 is 75.5 Å². The van der Waals surface area contributed by atoms with Gasteiger partial charge in [-0.05, 0) is 51.4 Å². The van der Waals surface area contributed by atoms with Crippen molar-refractivity contribution in [2.24, 2.45) is 5.90 Å². The molecular weight excluding hydrogens is 1400 g/mol. The zero-order valence-electron chi connectivity index (χ0n) is 53.5. The van der Waals surface area contributed by atoms with Gasteiger partial charge in [-0.1, -0.05) is 42.7 Å². The van der Waals surface area contributed by atoms with Crippen molar-refractivity contribution in [1.29, 1.82) is 0 Å². The number of hydroxylamine groups is 6. The molecule has 0 radical (unpaired) electrons. The summed E-state index contributed by atoms with van der Waals surface area (Å²) in [6, 6.07) is -1.83. The van der Waals surface area contributed by atoms with Crippen molar-refractivity contribution in [2.45, 2.75) is 122 Å². The summed E-state index contributed by atoms with van der Waals surface area (Å²) in [5.41, 5.74) is 0. The molecule has 16 rings (SSSR count). The van der Waals surface area contributed by atoms with E-state index in [9.17, 15) is 45.8 Å². The molecule has 560 valence electrons. The molecule has 0 saturated carbocycles. The number of hydrogen-bond donors (Lipinski definition) is 4. The van der Waals surface area contributed by atoms with Gasteiger partial charge in [-0.25, -0.2) is 32.7 Å². The largest absolute Gasteiger partial charge is 1.00 e. The molecule has 8 atom stereocenters. The molecule has 0 unspecified atom stereocenters. The number of amides is 8. The summed E-state index contributed by atoms with van der Waals surface area (Å²) in [7, 11) is -7.63. The number of likely N-dealkylation sites (N-methyl/N-ethyl adjacent to an activating group) is 1. The van der Waals surface area contributed by atoms with Gasteiger partial charge in [0.05, 0.1) is 77.0 Å². The maximum absolute atomic E-state index is 12.5. The molecule has 8 bridgehead atoms. The van der Waals surface area contributed by atoms with Crippen LogP contribution in [0, 0.1) is 0 Å². The van der Waals surface area contributed by atoms with Gasteiger partial charge in [0.1, 0.15) is 24.2 Å². The first-order valence-electron chi connectivity index (χ1n) is 31.0. The van der Waals surface area contributed by atoms with E-state index >= 15 is 0 Å². The number of carboxylic acid groups (broad SMARTS) is 1. The predicted octanol–water partition coefficient (Wildman–Crippen LogP) is -2.36. The first-order valence-corrected chi connectivity index (χ1v) is 33.7. The van der Waals surface area contributed by atoms with E-state index in [4.69, 9.17) is 46.5 Å². The van der Waals surface area contributed by atoms with Gasteiger partial charge in [-0.15, -0.1) is 24.7 Å². The number of carbonyl (C=O) groups excluding carboxylic acids is 4. The molecule has 101 heavy (non-hydrogen) atoms. The number of urea groups is 4. The number of anilines is 4. The fraction of sp³-hybridized carbons (Fsp3) is 0.755. The van der Waals surface area contributed by atoms with E-state index in [-0.39, 0.29) is 114 Å². The Hall–Kier alpha value is -7.23. The van der Waals surface area contributed by atoms with Gasteiger partial charge >= 0.3 is 88.1 Å². The monoisotopic (exact) mass is 1490 g/mol. The first-order chi connectivity index (χ1) is 46.3. The van der Waals surface area contributed by atoms with E-state index < -0.39 is 57.0 Å². The maximum Gasteiger partial charge on any atom is 1.00 e. The number of nitrogens with zero attached hydrogens (tertiary/aromatic N) is 20. The molecule has 7 N–H and O–H groups in total. The van der Waals surface area contributed by atoms with E-state index in [0.717, 1.165) is 68.5 Å². The van der Waals surface area contributed by atoms with Crippen LogP contribution < -0.4 is 61.2 Å². The second-order valence-corrected chi connectivity index (χ2v) is 25.7. The van der Waals surface area contributed by atoms with E-state index in [1.54, 1.807) is 4.90 Å². The van der Waals surface area contributed by atoms with E-state index in [0.29, 0.717) is 164 Å². The molecule has 16 heterocycles. The second kappa shape index (κ2) is 35.3. The maximum atomic E-state index is 12.5. The van der Waals surface area contributed by atoms with Gasteiger partial charge in [0.25, 0.3) is 6.47 Å². The normalized spacial score (nSPS) is 25.9. The van der Waals surface area contributed by atoms with Gasteiger partial charge in [-0.2, -0.15) is 33.0 Å². The van der Waals surface area contributed by atoms with E-state index in [1.165, 1.54) is 9.80 Å². The summed E-state index contributed by atoms with van der Waals surface area (Å²) in [5.74, 6) is 6.23. The van der Waals surface area contributed by atoms with Crippen LogP contribution in [0.4, 0.5) is 43.2 Å². The van der Waals surface area contributed by atoms with Crippen LogP contribution in [0.3, 0.4) is 0 Å². The summed E-state index contributed by atoms with van der Waals surface area (Å²) in [6.07, 6.45) is 5.31. The average molecular weight is 1490 g/mol. The number of morpholine rings is 4. The number of rotatable bonds is 13. The molecule has 0 aromatic carbocycles. The zero-order chi connectivity index (χ0) is 67.4. The summed E-state index contributed by atoms with van der Waals surface area (Å²) in [4.78, 5) is 73.4. The second-order valence-electron chi connectivity index (χ2n) is 23.6. The van der Waals surface area contributed by atoms with Crippen LogP contribution in [-0.4, -0.2) is 305 Å². The number of carbonyl (C=O) groups is 5. The number of aromatic nitrogens is 8. The number of hydrogen-bond acceptors (Lipinski definition) is 36. The summed E-state index contributed by atoms with van der Waals surface area (Å²) in [6.45, 7) is 12.0. The third kappa shape index (κ3) is 18.1. The molecule has 12 fully saturated rings. The predicted molar refractivity (Wildman–Crippen MR) is 336 cm³/mol. The van der Waals surface area contributed by atoms with Crippen molar-refractivity contribution in [3.8, 4) is 0 Å². The molecule has 0 aliphatic carbocycles. The van der Waals surface area contributed by atoms with Crippen LogP contribution in [-0.2, 0) is 57.4 Å². The molecule has 12 aliphatic heterocycles. The minimum Gasteiger partial charge on any atom is -0.724 e. The van der Waals surface area contributed by atoms with Crippen molar-refractivity contribution in [1.82, 2.24) is 86.6 Å². The Kier molecular flexibility index (Phi) is 28.3. The van der Waals surface area contributed by atoms with Crippen LogP contribution in [0.1, 0.15) is 121 Å². The quantitative estimate of drug-likeness (QED) is 0.0272. The summed E-state index contributed by atoms with van der Waals surface area (Å²) >= 11 is 0. The Morgan fingerprint density at radius 2 is 0.743 bits per heavy atom. The molecule has 48 heteroatoms. The molecule has 12 saturated heterocycles.